The van der Waals surface area contributed by atoms with Crippen molar-refractivity contribution < 1.29 is 14.6 Å². The van der Waals surface area contributed by atoms with Crippen molar-refractivity contribution in [1.29, 1.82) is 0 Å². The van der Waals surface area contributed by atoms with Crippen molar-refractivity contribution in [2.45, 2.75) is 25.0 Å². The second-order valence-corrected chi connectivity index (χ2v) is 12.1. The quantitative estimate of drug-likeness (QED) is 0.291. The lowest BCUT2D eigenvalue weighted by Gasteiger charge is -2.34. The summed E-state index contributed by atoms with van der Waals surface area (Å²) in [6.45, 7) is 6.17. The van der Waals surface area contributed by atoms with E-state index in [2.05, 4.69) is 66.3 Å². The van der Waals surface area contributed by atoms with Crippen molar-refractivity contribution in [3.8, 4) is 5.75 Å². The number of rotatable bonds is 8. The van der Waals surface area contributed by atoms with Crippen LogP contribution in [0.4, 0.5) is 5.69 Å². The van der Waals surface area contributed by atoms with Gasteiger partial charge in [0.15, 0.2) is 5.17 Å². The molecule has 2 saturated heterocycles. The van der Waals surface area contributed by atoms with Gasteiger partial charge in [0.05, 0.1) is 10.4 Å². The van der Waals surface area contributed by atoms with Gasteiger partial charge in [-0.2, -0.15) is 4.99 Å². The van der Waals surface area contributed by atoms with Gasteiger partial charge in [0.1, 0.15) is 24.0 Å². The van der Waals surface area contributed by atoms with Crippen LogP contribution in [-0.2, 0) is 4.79 Å². The lowest BCUT2D eigenvalue weighted by atomic mass is 10.0. The third-order valence-electron chi connectivity index (χ3n) is 8.02. The number of likely N-dealkylation sites (N-methyl/N-ethyl adjacent to an activating group) is 1. The number of imidazole rings is 1. The van der Waals surface area contributed by atoms with Crippen LogP contribution in [0.1, 0.15) is 18.4 Å². The molecule has 0 unspecified atom stereocenters. The smallest absolute Gasteiger partial charge is 0.323 e. The summed E-state index contributed by atoms with van der Waals surface area (Å²) < 4.78 is 5.78. The number of H-pyrrole nitrogens is 2. The molecule has 2 fully saturated rings. The Morgan fingerprint density at radius 1 is 1.05 bits per heavy atom. The number of amides is 1. The highest BCUT2D eigenvalue weighted by Crippen LogP contribution is 2.31. The summed E-state index contributed by atoms with van der Waals surface area (Å²) in [7, 11) is 2.11. The molecular weight excluding hydrogens is 554 g/mol. The number of aliphatic hydroxyl groups excluding tert-OH is 1. The molecule has 3 aliphatic heterocycles. The van der Waals surface area contributed by atoms with Crippen LogP contribution < -0.4 is 20.6 Å². The van der Waals surface area contributed by atoms with Crippen molar-refractivity contribution in [3.05, 3.63) is 63.4 Å². The lowest BCUT2D eigenvalue weighted by Crippen LogP contribution is -2.46. The molecule has 6 rings (SSSR count). The minimum Gasteiger partial charge on any atom is -0.489 e. The zero-order chi connectivity index (χ0) is 29.1. The highest BCUT2D eigenvalue weighted by molar-refractivity contribution is 8.18. The molecule has 12 heteroatoms. The normalized spacial score (nSPS) is 20.5. The highest BCUT2D eigenvalue weighted by atomic mass is 32.2. The van der Waals surface area contributed by atoms with E-state index in [1.807, 2.05) is 6.08 Å². The molecule has 222 valence electrons. The van der Waals surface area contributed by atoms with E-state index >= 15 is 0 Å². The highest BCUT2D eigenvalue weighted by Gasteiger charge is 2.28. The SMILES string of the molecule is CN1CCN(C2=NC(=O)C(=Cc3ccc(N4CCC(NC[C@@H](O)COc5cccc6[nH]c(=O)[nH]c56)CC4)cc3)S2)CC1. The van der Waals surface area contributed by atoms with Gasteiger partial charge in [-0.05, 0) is 67.6 Å². The number of carbonyl (C=O) groups is 1. The Morgan fingerprint density at radius 2 is 1.81 bits per heavy atom. The number of piperazine rings is 1. The summed E-state index contributed by atoms with van der Waals surface area (Å²) in [4.78, 5) is 41.4. The first-order chi connectivity index (χ1) is 20.4. The minimum absolute atomic E-state index is 0.133. The largest absolute Gasteiger partial charge is 0.489 e. The number of amidine groups is 1. The number of aliphatic imine (C=N–C) groups is 1. The van der Waals surface area contributed by atoms with E-state index in [-0.39, 0.29) is 18.2 Å². The first-order valence-electron chi connectivity index (χ1n) is 14.5. The Morgan fingerprint density at radius 3 is 2.57 bits per heavy atom. The van der Waals surface area contributed by atoms with Crippen molar-refractivity contribution in [2.75, 3.05) is 64.4 Å². The topological polar surface area (TPSA) is 129 Å². The number of carbonyl (C=O) groups excluding carboxylic acids is 1. The van der Waals surface area contributed by atoms with E-state index in [1.54, 1.807) is 18.2 Å². The third kappa shape index (κ3) is 6.73. The third-order valence-corrected chi connectivity index (χ3v) is 9.06. The van der Waals surface area contributed by atoms with Gasteiger partial charge in [0.2, 0.25) is 0 Å². The summed E-state index contributed by atoms with van der Waals surface area (Å²) in [5.41, 5.74) is 3.16. The van der Waals surface area contributed by atoms with Crippen LogP contribution in [0.3, 0.4) is 0 Å². The van der Waals surface area contributed by atoms with Gasteiger partial charge in [0.25, 0.3) is 5.91 Å². The van der Waals surface area contributed by atoms with E-state index in [9.17, 15) is 14.7 Å². The average Bonchev–Trinajstić information content (AvgIpc) is 3.57. The van der Waals surface area contributed by atoms with E-state index < -0.39 is 6.10 Å². The van der Waals surface area contributed by atoms with Gasteiger partial charge in [-0.25, -0.2) is 4.79 Å². The molecule has 0 bridgehead atoms. The standard InChI is InChI=1S/C30H37N7O4S/c1-35-13-15-37(16-14-35)30-34-28(39)26(42-30)17-20-5-7-22(8-6-20)36-11-9-21(10-12-36)31-18-23(38)19-41-25-4-2-3-24-27(25)33-29(40)32-24/h2-8,17,21,23,31,38H,9-16,18-19H2,1H3,(H2,32,33,40)/t23-/m1/s1. The maximum Gasteiger partial charge on any atom is 0.323 e. The number of nitrogens with zero attached hydrogens (tertiary/aromatic N) is 4. The molecule has 0 aliphatic carbocycles. The summed E-state index contributed by atoms with van der Waals surface area (Å²) in [6, 6.07) is 14.1. The molecule has 0 radical (unpaired) electrons. The van der Waals surface area contributed by atoms with Crippen molar-refractivity contribution in [3.63, 3.8) is 0 Å². The Bertz CT molecular complexity index is 1520. The number of anilines is 1. The number of thioether (sulfide) groups is 1. The number of ether oxygens (including phenoxy) is 1. The maximum absolute atomic E-state index is 12.5. The van der Waals surface area contributed by atoms with Gasteiger partial charge in [-0.1, -0.05) is 18.2 Å². The predicted molar refractivity (Wildman–Crippen MR) is 167 cm³/mol. The molecule has 0 saturated carbocycles. The fraction of sp³-hybridized carbons (Fsp3) is 0.433. The van der Waals surface area contributed by atoms with Crippen molar-refractivity contribution >= 4 is 45.6 Å². The first kappa shape index (κ1) is 28.5. The molecule has 1 amide bonds. The summed E-state index contributed by atoms with van der Waals surface area (Å²) in [6.07, 6.45) is 3.22. The van der Waals surface area contributed by atoms with E-state index in [1.165, 1.54) is 17.4 Å². The number of piperidine rings is 1. The monoisotopic (exact) mass is 591 g/mol. The predicted octanol–water partition coefficient (Wildman–Crippen LogP) is 2.07. The number of aromatic amines is 2. The molecule has 42 heavy (non-hydrogen) atoms. The average molecular weight is 592 g/mol. The second kappa shape index (κ2) is 12.7. The first-order valence-corrected chi connectivity index (χ1v) is 15.3. The fourth-order valence-corrected chi connectivity index (χ4v) is 6.47. The second-order valence-electron chi connectivity index (χ2n) is 11.1. The minimum atomic E-state index is -0.668. The lowest BCUT2D eigenvalue weighted by molar-refractivity contribution is -0.113. The van der Waals surface area contributed by atoms with Crippen LogP contribution in [0, 0.1) is 0 Å². The van der Waals surface area contributed by atoms with Gasteiger partial charge in [-0.3, -0.25) is 4.79 Å². The number of aliphatic hydroxyl groups is 1. The zero-order valence-electron chi connectivity index (χ0n) is 23.7. The Kier molecular flexibility index (Phi) is 8.66. The number of aromatic nitrogens is 2. The zero-order valence-corrected chi connectivity index (χ0v) is 24.5. The van der Waals surface area contributed by atoms with E-state index in [0.29, 0.717) is 34.3 Å². The Balaban J connectivity index is 0.938. The molecule has 1 aromatic heterocycles. The molecule has 3 aliphatic rings. The van der Waals surface area contributed by atoms with Crippen molar-refractivity contribution in [1.82, 2.24) is 25.1 Å². The Labute approximate surface area is 248 Å². The number of fused-ring (bicyclic) bond motifs is 1. The van der Waals surface area contributed by atoms with Crippen LogP contribution >= 0.6 is 11.8 Å². The summed E-state index contributed by atoms with van der Waals surface area (Å²) in [5.74, 6) is 0.386. The number of hydrogen-bond donors (Lipinski definition) is 4. The number of nitrogens with one attached hydrogen (secondary N) is 3. The molecule has 11 nitrogen and oxygen atoms in total. The van der Waals surface area contributed by atoms with Gasteiger partial charge >= 0.3 is 5.69 Å². The van der Waals surface area contributed by atoms with Gasteiger partial charge in [-0.15, -0.1) is 0 Å². The molecule has 4 heterocycles. The van der Waals surface area contributed by atoms with Gasteiger partial charge < -0.3 is 39.8 Å². The van der Waals surface area contributed by atoms with Crippen LogP contribution in [-0.4, -0.2) is 108 Å². The maximum atomic E-state index is 12.5. The molecule has 0 spiro atoms. The van der Waals surface area contributed by atoms with E-state index in [0.717, 1.165) is 62.8 Å². The molecule has 2 aromatic carbocycles. The van der Waals surface area contributed by atoms with Gasteiger partial charge in [0, 0.05) is 57.5 Å². The van der Waals surface area contributed by atoms with Crippen LogP contribution in [0.25, 0.3) is 17.1 Å². The summed E-state index contributed by atoms with van der Waals surface area (Å²) in [5, 5.41) is 14.8. The molecular formula is C30H37N7O4S. The molecule has 1 atom stereocenters. The fourth-order valence-electron chi connectivity index (χ4n) is 5.50. The van der Waals surface area contributed by atoms with E-state index in [4.69, 9.17) is 4.74 Å². The molecule has 3 aromatic rings. The van der Waals surface area contributed by atoms with Crippen LogP contribution in [0.5, 0.6) is 5.75 Å². The Hall–Kier alpha value is -3.58. The molecule has 4 N–H and O–H groups in total. The number of hydrogen-bond acceptors (Lipinski definition) is 9. The number of para-hydroxylation sites is 1. The van der Waals surface area contributed by atoms with Crippen molar-refractivity contribution in [2.24, 2.45) is 4.99 Å². The summed E-state index contributed by atoms with van der Waals surface area (Å²) >= 11 is 1.48. The van der Waals surface area contributed by atoms with Crippen LogP contribution in [0.15, 0.2) is 57.2 Å². The number of benzene rings is 2. The van der Waals surface area contributed by atoms with Crippen LogP contribution in [0.2, 0.25) is 0 Å².